The molecule has 0 spiro atoms. The fourth-order valence-electron chi connectivity index (χ4n) is 3.53. The van der Waals surface area contributed by atoms with Crippen molar-refractivity contribution < 1.29 is 4.74 Å². The summed E-state index contributed by atoms with van der Waals surface area (Å²) in [6.07, 6.45) is 4.33. The van der Waals surface area contributed by atoms with E-state index in [0.717, 1.165) is 17.9 Å². The summed E-state index contributed by atoms with van der Waals surface area (Å²) >= 11 is 0. The average Bonchev–Trinajstić information content (AvgIpc) is 3.30. The average molecular weight is 438 g/mol. The number of hydrogen-bond acceptors (Lipinski definition) is 7. The van der Waals surface area contributed by atoms with Crippen LogP contribution in [0.4, 0.5) is 17.6 Å². The number of nitrogens with one attached hydrogen (secondary N) is 2. The van der Waals surface area contributed by atoms with Crippen molar-refractivity contribution in [2.45, 2.75) is 6.42 Å². The Bertz CT molecular complexity index is 1340. The lowest BCUT2D eigenvalue weighted by molar-refractivity contribution is 0.414. The van der Waals surface area contributed by atoms with Crippen molar-refractivity contribution in [1.82, 2.24) is 24.5 Å². The molecule has 0 saturated heterocycles. The third-order valence-corrected chi connectivity index (χ3v) is 5.20. The van der Waals surface area contributed by atoms with E-state index in [4.69, 9.17) is 14.7 Å². The third-order valence-electron chi connectivity index (χ3n) is 5.20. The maximum absolute atomic E-state index is 5.24. The number of anilines is 3. The Kier molecular flexibility index (Phi) is 5.79. The number of nitrogens with zero attached hydrogens (tertiary/aromatic N) is 5. The highest BCUT2D eigenvalue weighted by Gasteiger charge is 2.15. The van der Waals surface area contributed by atoms with Gasteiger partial charge < -0.3 is 15.4 Å². The van der Waals surface area contributed by atoms with Crippen LogP contribution in [0.25, 0.3) is 16.9 Å². The van der Waals surface area contributed by atoms with Crippen LogP contribution < -0.4 is 15.4 Å². The molecule has 0 fully saturated rings. The fraction of sp³-hybridized carbons (Fsp3) is 0.120. The van der Waals surface area contributed by atoms with Crippen LogP contribution in [0.1, 0.15) is 5.56 Å². The van der Waals surface area contributed by atoms with Gasteiger partial charge in [0.05, 0.1) is 7.11 Å². The maximum Gasteiger partial charge on any atom is 0.232 e. The van der Waals surface area contributed by atoms with Gasteiger partial charge in [0.1, 0.15) is 17.9 Å². The molecule has 2 N–H and O–H groups in total. The first-order chi connectivity index (χ1) is 16.3. The van der Waals surface area contributed by atoms with E-state index in [1.807, 2.05) is 65.2 Å². The van der Waals surface area contributed by atoms with Crippen molar-refractivity contribution in [3.8, 4) is 11.4 Å². The number of fused-ring (bicyclic) bond motifs is 1. The van der Waals surface area contributed by atoms with E-state index in [-0.39, 0.29) is 0 Å². The van der Waals surface area contributed by atoms with E-state index < -0.39 is 0 Å². The molecular weight excluding hydrogens is 414 g/mol. The summed E-state index contributed by atoms with van der Waals surface area (Å²) in [7, 11) is 1.67. The summed E-state index contributed by atoms with van der Waals surface area (Å²) < 4.78 is 7.19. The summed E-state index contributed by atoms with van der Waals surface area (Å²) in [6.45, 7) is 0.694. The van der Waals surface area contributed by atoms with Crippen molar-refractivity contribution in [2.24, 2.45) is 0 Å². The summed E-state index contributed by atoms with van der Waals surface area (Å²) in [6, 6.07) is 23.7. The van der Waals surface area contributed by atoms with Crippen molar-refractivity contribution in [2.75, 3.05) is 24.3 Å². The highest BCUT2D eigenvalue weighted by atomic mass is 16.5. The van der Waals surface area contributed by atoms with Gasteiger partial charge in [-0.15, -0.1) is 0 Å². The van der Waals surface area contributed by atoms with E-state index in [1.54, 1.807) is 19.6 Å². The Labute approximate surface area is 191 Å². The minimum Gasteiger partial charge on any atom is -0.497 e. The minimum absolute atomic E-state index is 0.450. The van der Waals surface area contributed by atoms with E-state index in [0.29, 0.717) is 35.3 Å². The number of hydrogen-bond donors (Lipinski definition) is 2. The second kappa shape index (κ2) is 9.35. The number of imidazole rings is 1. The number of ether oxygens (including phenoxy) is 1. The number of pyridine rings is 1. The van der Waals surface area contributed by atoms with Crippen molar-refractivity contribution in [3.63, 3.8) is 0 Å². The quantitative estimate of drug-likeness (QED) is 0.366. The smallest absolute Gasteiger partial charge is 0.232 e. The van der Waals surface area contributed by atoms with Gasteiger partial charge in [-0.25, -0.2) is 9.97 Å². The molecule has 3 aromatic heterocycles. The number of rotatable bonds is 8. The van der Waals surface area contributed by atoms with E-state index in [2.05, 4.69) is 32.7 Å². The molecule has 164 valence electrons. The van der Waals surface area contributed by atoms with Gasteiger partial charge in [0.25, 0.3) is 0 Å². The summed E-state index contributed by atoms with van der Waals surface area (Å²) in [5.41, 5.74) is 3.60. The Morgan fingerprint density at radius 3 is 2.45 bits per heavy atom. The zero-order valence-corrected chi connectivity index (χ0v) is 18.1. The molecule has 0 bridgehead atoms. The monoisotopic (exact) mass is 437 g/mol. The first kappa shape index (κ1) is 20.4. The molecule has 3 heterocycles. The van der Waals surface area contributed by atoms with Crippen LogP contribution in [0.15, 0.2) is 85.3 Å². The molecule has 5 aromatic rings. The zero-order valence-electron chi connectivity index (χ0n) is 18.1. The molecule has 0 atom stereocenters. The molecule has 0 radical (unpaired) electrons. The highest BCUT2D eigenvalue weighted by molar-refractivity contribution is 5.85. The molecule has 2 aromatic carbocycles. The molecule has 8 nitrogen and oxygen atoms in total. The maximum atomic E-state index is 5.24. The van der Waals surface area contributed by atoms with Gasteiger partial charge in [0, 0.05) is 18.4 Å². The standard InChI is InChI=1S/C25H23N7O/c1-33-20-12-10-18(11-13-20)14-16-27-23-22-24(32(17-28-22)19-7-3-2-4-8-19)31-25(30-23)29-21-9-5-6-15-26-21/h2-13,15,17H,14,16H2,1H3,(H2,26,27,29,30,31). The van der Waals surface area contributed by atoms with E-state index in [1.165, 1.54) is 5.56 Å². The zero-order chi connectivity index (χ0) is 22.5. The van der Waals surface area contributed by atoms with Crippen LogP contribution in [0.3, 0.4) is 0 Å². The van der Waals surface area contributed by atoms with Crippen LogP contribution in [0.2, 0.25) is 0 Å². The predicted octanol–water partition coefficient (Wildman–Crippen LogP) is 4.62. The number of benzene rings is 2. The molecule has 0 aliphatic rings. The van der Waals surface area contributed by atoms with Gasteiger partial charge in [-0.05, 0) is 48.4 Å². The lowest BCUT2D eigenvalue weighted by Crippen LogP contribution is -2.09. The summed E-state index contributed by atoms with van der Waals surface area (Å²) in [4.78, 5) is 18.4. The van der Waals surface area contributed by atoms with Crippen LogP contribution in [0.5, 0.6) is 5.75 Å². The Morgan fingerprint density at radius 1 is 0.879 bits per heavy atom. The van der Waals surface area contributed by atoms with Gasteiger partial charge in [-0.2, -0.15) is 9.97 Å². The summed E-state index contributed by atoms with van der Waals surface area (Å²) in [5, 5.41) is 6.63. The second-order valence-electron chi connectivity index (χ2n) is 7.38. The topological polar surface area (TPSA) is 89.8 Å². The summed E-state index contributed by atoms with van der Waals surface area (Å²) in [5.74, 6) is 2.64. The van der Waals surface area contributed by atoms with Gasteiger partial charge in [0.15, 0.2) is 17.0 Å². The number of aromatic nitrogens is 5. The SMILES string of the molecule is COc1ccc(CCNc2nc(Nc3ccccn3)nc3c2ncn3-c2ccccc2)cc1. The first-order valence-electron chi connectivity index (χ1n) is 10.7. The first-order valence-corrected chi connectivity index (χ1v) is 10.7. The molecule has 0 saturated carbocycles. The highest BCUT2D eigenvalue weighted by Crippen LogP contribution is 2.25. The molecule has 8 heteroatoms. The van der Waals surface area contributed by atoms with Crippen LogP contribution in [-0.4, -0.2) is 38.2 Å². The number of methoxy groups -OCH3 is 1. The van der Waals surface area contributed by atoms with Crippen LogP contribution in [-0.2, 0) is 6.42 Å². The molecule has 5 rings (SSSR count). The predicted molar refractivity (Wildman–Crippen MR) is 129 cm³/mol. The molecule has 0 aliphatic carbocycles. The van der Waals surface area contributed by atoms with E-state index >= 15 is 0 Å². The van der Waals surface area contributed by atoms with E-state index in [9.17, 15) is 0 Å². The van der Waals surface area contributed by atoms with Gasteiger partial charge in [-0.3, -0.25) is 4.57 Å². The normalized spacial score (nSPS) is 10.8. The molecule has 0 amide bonds. The molecule has 0 aliphatic heterocycles. The van der Waals surface area contributed by atoms with Crippen LogP contribution >= 0.6 is 0 Å². The molecular formula is C25H23N7O. The van der Waals surface area contributed by atoms with Crippen molar-refractivity contribution >= 4 is 28.7 Å². The largest absolute Gasteiger partial charge is 0.497 e. The van der Waals surface area contributed by atoms with Gasteiger partial charge in [0.2, 0.25) is 5.95 Å². The second-order valence-corrected chi connectivity index (χ2v) is 7.38. The third kappa shape index (κ3) is 4.59. The fourth-order valence-corrected chi connectivity index (χ4v) is 3.53. The lowest BCUT2D eigenvalue weighted by atomic mass is 10.1. The van der Waals surface area contributed by atoms with Crippen LogP contribution in [0, 0.1) is 0 Å². The van der Waals surface area contributed by atoms with Crippen molar-refractivity contribution in [3.05, 3.63) is 90.9 Å². The van der Waals surface area contributed by atoms with Gasteiger partial charge >= 0.3 is 0 Å². The van der Waals surface area contributed by atoms with Crippen molar-refractivity contribution in [1.29, 1.82) is 0 Å². The molecule has 33 heavy (non-hydrogen) atoms. The Hall–Kier alpha value is -4.46. The minimum atomic E-state index is 0.450. The molecule has 0 unspecified atom stereocenters. The lowest BCUT2D eigenvalue weighted by Gasteiger charge is -2.11. The Morgan fingerprint density at radius 2 is 1.70 bits per heavy atom. The number of para-hydroxylation sites is 1. The Balaban J connectivity index is 1.45. The van der Waals surface area contributed by atoms with Gasteiger partial charge in [-0.1, -0.05) is 36.4 Å².